The molecule has 0 aliphatic rings. The SMILES string of the molecule is C/C=C/Cn1cc(Br)cc(C#N)c1=O. The summed E-state index contributed by atoms with van der Waals surface area (Å²) >= 11 is 3.24. The van der Waals surface area contributed by atoms with E-state index >= 15 is 0 Å². The number of aromatic nitrogens is 1. The molecule has 1 heterocycles. The number of nitriles is 1. The summed E-state index contributed by atoms with van der Waals surface area (Å²) in [6.45, 7) is 2.37. The molecule has 0 spiro atoms. The molecule has 0 unspecified atom stereocenters. The third-order valence-corrected chi connectivity index (χ3v) is 2.14. The number of allylic oxidation sites excluding steroid dienone is 2. The molecule has 72 valence electrons. The molecule has 0 aliphatic heterocycles. The Kier molecular flexibility index (Phi) is 3.66. The minimum Gasteiger partial charge on any atom is -0.309 e. The van der Waals surface area contributed by atoms with Crippen molar-refractivity contribution in [3.63, 3.8) is 0 Å². The standard InChI is InChI=1S/C10H9BrN2O/c1-2-3-4-13-7-9(11)5-8(6-12)10(13)14/h2-3,5,7H,4H2,1H3/b3-2+. The van der Waals surface area contributed by atoms with Gasteiger partial charge in [-0.2, -0.15) is 5.26 Å². The summed E-state index contributed by atoms with van der Waals surface area (Å²) in [6.07, 6.45) is 5.39. The van der Waals surface area contributed by atoms with Gasteiger partial charge in [-0.05, 0) is 28.9 Å². The second-order valence-electron chi connectivity index (χ2n) is 2.71. The topological polar surface area (TPSA) is 45.8 Å². The minimum absolute atomic E-state index is 0.156. The van der Waals surface area contributed by atoms with Gasteiger partial charge in [0.05, 0.1) is 0 Å². The largest absolute Gasteiger partial charge is 0.309 e. The van der Waals surface area contributed by atoms with Gasteiger partial charge in [0.2, 0.25) is 0 Å². The second kappa shape index (κ2) is 4.77. The van der Waals surface area contributed by atoms with E-state index in [2.05, 4.69) is 15.9 Å². The molecular weight excluding hydrogens is 244 g/mol. The van der Waals surface area contributed by atoms with Gasteiger partial charge >= 0.3 is 0 Å². The monoisotopic (exact) mass is 252 g/mol. The molecule has 0 saturated carbocycles. The number of hydrogen-bond donors (Lipinski definition) is 0. The van der Waals surface area contributed by atoms with E-state index in [1.54, 1.807) is 6.20 Å². The highest BCUT2D eigenvalue weighted by molar-refractivity contribution is 9.10. The third kappa shape index (κ3) is 2.33. The van der Waals surface area contributed by atoms with E-state index in [4.69, 9.17) is 5.26 Å². The van der Waals surface area contributed by atoms with Crippen LogP contribution in [0.4, 0.5) is 0 Å². The molecule has 4 heteroatoms. The molecule has 1 aromatic rings. The fourth-order valence-electron chi connectivity index (χ4n) is 1.03. The van der Waals surface area contributed by atoms with Crippen LogP contribution >= 0.6 is 15.9 Å². The molecule has 0 atom stereocenters. The lowest BCUT2D eigenvalue weighted by Gasteiger charge is -2.02. The van der Waals surface area contributed by atoms with Gasteiger partial charge in [-0.25, -0.2) is 0 Å². The predicted molar refractivity (Wildman–Crippen MR) is 57.9 cm³/mol. The lowest BCUT2D eigenvalue weighted by molar-refractivity contribution is 0.771. The van der Waals surface area contributed by atoms with Crippen molar-refractivity contribution < 1.29 is 0 Å². The van der Waals surface area contributed by atoms with Crippen molar-refractivity contribution >= 4 is 15.9 Å². The van der Waals surface area contributed by atoms with Gasteiger partial charge in [-0.15, -0.1) is 0 Å². The van der Waals surface area contributed by atoms with Crippen molar-refractivity contribution in [1.29, 1.82) is 5.26 Å². The Bertz CT molecular complexity index is 454. The number of halogens is 1. The fraction of sp³-hybridized carbons (Fsp3) is 0.200. The molecule has 0 aromatic carbocycles. The zero-order valence-corrected chi connectivity index (χ0v) is 9.28. The number of rotatable bonds is 2. The zero-order chi connectivity index (χ0) is 10.6. The summed E-state index contributed by atoms with van der Waals surface area (Å²) < 4.78 is 2.22. The molecule has 1 aromatic heterocycles. The van der Waals surface area contributed by atoms with Crippen molar-refractivity contribution in [3.8, 4) is 6.07 Å². The Morgan fingerprint density at radius 1 is 1.71 bits per heavy atom. The maximum Gasteiger partial charge on any atom is 0.268 e. The predicted octanol–water partition coefficient (Wildman–Crippen LogP) is 2.06. The lowest BCUT2D eigenvalue weighted by atomic mass is 10.3. The third-order valence-electron chi connectivity index (χ3n) is 1.71. The molecule has 0 aliphatic carbocycles. The van der Waals surface area contributed by atoms with Crippen LogP contribution in [0.2, 0.25) is 0 Å². The highest BCUT2D eigenvalue weighted by Crippen LogP contribution is 2.08. The van der Waals surface area contributed by atoms with Crippen LogP contribution in [0.1, 0.15) is 12.5 Å². The molecular formula is C10H9BrN2O. The maximum atomic E-state index is 11.5. The summed E-state index contributed by atoms with van der Waals surface area (Å²) in [5.41, 5.74) is -0.0994. The Morgan fingerprint density at radius 2 is 2.43 bits per heavy atom. The van der Waals surface area contributed by atoms with Crippen LogP contribution in [0, 0.1) is 11.3 Å². The van der Waals surface area contributed by atoms with Gasteiger partial charge in [-0.1, -0.05) is 12.2 Å². The van der Waals surface area contributed by atoms with Gasteiger partial charge in [0, 0.05) is 17.2 Å². The van der Waals surface area contributed by atoms with E-state index in [0.717, 1.165) is 4.47 Å². The van der Waals surface area contributed by atoms with Crippen LogP contribution in [0.25, 0.3) is 0 Å². The highest BCUT2D eigenvalue weighted by atomic mass is 79.9. The summed E-state index contributed by atoms with van der Waals surface area (Å²) in [5, 5.41) is 8.69. The molecule has 0 amide bonds. The second-order valence-corrected chi connectivity index (χ2v) is 3.63. The number of nitrogens with zero attached hydrogens (tertiary/aromatic N) is 2. The van der Waals surface area contributed by atoms with Crippen molar-refractivity contribution in [2.24, 2.45) is 0 Å². The van der Waals surface area contributed by atoms with Crippen LogP contribution in [0.15, 0.2) is 33.7 Å². The number of hydrogen-bond acceptors (Lipinski definition) is 2. The first-order valence-corrected chi connectivity index (χ1v) is 4.89. The minimum atomic E-state index is -0.256. The van der Waals surface area contributed by atoms with E-state index < -0.39 is 0 Å². The van der Waals surface area contributed by atoms with E-state index in [0.29, 0.717) is 6.54 Å². The normalized spacial score (nSPS) is 10.4. The first kappa shape index (κ1) is 10.7. The van der Waals surface area contributed by atoms with Gasteiger partial charge in [0.25, 0.3) is 5.56 Å². The van der Waals surface area contributed by atoms with E-state index in [-0.39, 0.29) is 11.1 Å². The summed E-state index contributed by atoms with van der Waals surface area (Å²) in [5.74, 6) is 0. The van der Waals surface area contributed by atoms with Gasteiger partial charge < -0.3 is 4.57 Å². The van der Waals surface area contributed by atoms with Gasteiger partial charge in [-0.3, -0.25) is 4.79 Å². The van der Waals surface area contributed by atoms with Crippen LogP contribution in [0.3, 0.4) is 0 Å². The van der Waals surface area contributed by atoms with Crippen LogP contribution in [0.5, 0.6) is 0 Å². The number of pyridine rings is 1. The first-order chi connectivity index (χ1) is 6.69. The van der Waals surface area contributed by atoms with E-state index in [1.165, 1.54) is 10.6 Å². The van der Waals surface area contributed by atoms with Crippen molar-refractivity contribution in [1.82, 2.24) is 4.57 Å². The Balaban J connectivity index is 3.24. The molecule has 0 radical (unpaired) electrons. The molecule has 0 bridgehead atoms. The molecule has 14 heavy (non-hydrogen) atoms. The smallest absolute Gasteiger partial charge is 0.268 e. The van der Waals surface area contributed by atoms with E-state index in [1.807, 2.05) is 25.1 Å². The Labute approximate surface area is 90.4 Å². The van der Waals surface area contributed by atoms with E-state index in [9.17, 15) is 4.79 Å². The summed E-state index contributed by atoms with van der Waals surface area (Å²) in [4.78, 5) is 11.5. The fourth-order valence-corrected chi connectivity index (χ4v) is 1.51. The zero-order valence-electron chi connectivity index (χ0n) is 7.70. The highest BCUT2D eigenvalue weighted by Gasteiger charge is 2.03. The summed E-state index contributed by atoms with van der Waals surface area (Å²) in [6, 6.07) is 3.39. The van der Waals surface area contributed by atoms with Crippen molar-refractivity contribution in [2.45, 2.75) is 13.5 Å². The maximum absolute atomic E-state index is 11.5. The summed E-state index contributed by atoms with van der Waals surface area (Å²) in [7, 11) is 0. The molecule has 0 saturated heterocycles. The molecule has 0 N–H and O–H groups in total. The quantitative estimate of drug-likeness (QED) is 0.757. The Morgan fingerprint density at radius 3 is 3.00 bits per heavy atom. The molecule has 3 nitrogen and oxygen atoms in total. The Hall–Kier alpha value is -1.34. The van der Waals surface area contributed by atoms with Gasteiger partial charge in [0.15, 0.2) is 0 Å². The molecule has 0 fully saturated rings. The van der Waals surface area contributed by atoms with Crippen LogP contribution in [-0.2, 0) is 6.54 Å². The van der Waals surface area contributed by atoms with Crippen molar-refractivity contribution in [2.75, 3.05) is 0 Å². The van der Waals surface area contributed by atoms with Crippen molar-refractivity contribution in [3.05, 3.63) is 44.8 Å². The average molecular weight is 253 g/mol. The molecule has 1 rings (SSSR count). The van der Waals surface area contributed by atoms with Crippen LogP contribution in [-0.4, -0.2) is 4.57 Å². The average Bonchev–Trinajstić information content (AvgIpc) is 2.18. The first-order valence-electron chi connectivity index (χ1n) is 4.10. The van der Waals surface area contributed by atoms with Crippen LogP contribution < -0.4 is 5.56 Å². The lowest BCUT2D eigenvalue weighted by Crippen LogP contribution is -2.21. The van der Waals surface area contributed by atoms with Gasteiger partial charge in [0.1, 0.15) is 11.6 Å².